The summed E-state index contributed by atoms with van der Waals surface area (Å²) in [6, 6.07) is 13.9. The van der Waals surface area contributed by atoms with E-state index < -0.39 is 5.63 Å². The number of rotatable bonds is 5. The SMILES string of the molecule is COc1cc(N/C=C(\O)c2cc3ccccc3oc2=O)cc(OC)c1. The number of fused-ring (bicyclic) bond motifs is 1. The van der Waals surface area contributed by atoms with E-state index in [1.807, 2.05) is 6.07 Å². The summed E-state index contributed by atoms with van der Waals surface area (Å²) < 4.78 is 15.6. The molecule has 0 aliphatic carbocycles. The first-order chi connectivity index (χ1) is 12.1. The van der Waals surface area contributed by atoms with E-state index >= 15 is 0 Å². The minimum absolute atomic E-state index is 0.0704. The highest BCUT2D eigenvalue weighted by Gasteiger charge is 2.09. The van der Waals surface area contributed by atoms with Crippen LogP contribution >= 0.6 is 0 Å². The van der Waals surface area contributed by atoms with Gasteiger partial charge >= 0.3 is 5.63 Å². The molecule has 0 bridgehead atoms. The number of hydrogen-bond donors (Lipinski definition) is 2. The zero-order valence-electron chi connectivity index (χ0n) is 13.8. The summed E-state index contributed by atoms with van der Waals surface area (Å²) in [5, 5.41) is 13.9. The number of ether oxygens (including phenoxy) is 2. The lowest BCUT2D eigenvalue weighted by Gasteiger charge is -2.08. The lowest BCUT2D eigenvalue weighted by molar-refractivity contribution is 0.395. The van der Waals surface area contributed by atoms with Crippen molar-refractivity contribution in [1.82, 2.24) is 0 Å². The first-order valence-corrected chi connectivity index (χ1v) is 7.52. The topological polar surface area (TPSA) is 80.9 Å². The third kappa shape index (κ3) is 3.58. The van der Waals surface area contributed by atoms with Crippen molar-refractivity contribution in [2.45, 2.75) is 0 Å². The Hall–Kier alpha value is -3.41. The highest BCUT2D eigenvalue weighted by molar-refractivity contribution is 5.79. The van der Waals surface area contributed by atoms with Crippen LogP contribution in [-0.4, -0.2) is 19.3 Å². The van der Waals surface area contributed by atoms with Gasteiger partial charge in [-0.3, -0.25) is 0 Å². The zero-order chi connectivity index (χ0) is 17.8. The maximum Gasteiger partial charge on any atom is 0.347 e. The van der Waals surface area contributed by atoms with Gasteiger partial charge in [-0.05, 0) is 12.1 Å². The summed E-state index contributed by atoms with van der Waals surface area (Å²) >= 11 is 0. The van der Waals surface area contributed by atoms with Gasteiger partial charge in [0.15, 0.2) is 0 Å². The number of aliphatic hydroxyl groups excluding tert-OH is 1. The molecular formula is C19H17NO5. The second kappa shape index (κ2) is 7.00. The molecule has 0 atom stereocenters. The second-order valence-electron chi connectivity index (χ2n) is 5.26. The van der Waals surface area contributed by atoms with Gasteiger partial charge in [0.1, 0.15) is 28.4 Å². The Balaban J connectivity index is 1.92. The van der Waals surface area contributed by atoms with Crippen LogP contribution in [0.3, 0.4) is 0 Å². The van der Waals surface area contributed by atoms with Gasteiger partial charge in [-0.15, -0.1) is 0 Å². The summed E-state index contributed by atoms with van der Waals surface area (Å²) in [6.45, 7) is 0. The Morgan fingerprint density at radius 1 is 1.08 bits per heavy atom. The smallest absolute Gasteiger partial charge is 0.347 e. The molecule has 6 nitrogen and oxygen atoms in total. The molecule has 0 saturated carbocycles. The van der Waals surface area contributed by atoms with Crippen LogP contribution in [0, 0.1) is 0 Å². The molecule has 3 rings (SSSR count). The second-order valence-corrected chi connectivity index (χ2v) is 5.26. The van der Waals surface area contributed by atoms with E-state index in [9.17, 15) is 9.90 Å². The lowest BCUT2D eigenvalue weighted by atomic mass is 10.1. The molecule has 0 fully saturated rings. The molecule has 2 aromatic carbocycles. The van der Waals surface area contributed by atoms with E-state index in [1.54, 1.807) is 56.7 Å². The van der Waals surface area contributed by atoms with Gasteiger partial charge in [0.05, 0.1) is 14.2 Å². The van der Waals surface area contributed by atoms with Gasteiger partial charge < -0.3 is 24.3 Å². The van der Waals surface area contributed by atoms with E-state index in [-0.39, 0.29) is 11.3 Å². The fraction of sp³-hybridized carbons (Fsp3) is 0.105. The lowest BCUT2D eigenvalue weighted by Crippen LogP contribution is -2.07. The average Bonchev–Trinajstić information content (AvgIpc) is 2.65. The molecular weight excluding hydrogens is 322 g/mol. The van der Waals surface area contributed by atoms with Gasteiger partial charge in [-0.1, -0.05) is 18.2 Å². The molecule has 0 saturated heterocycles. The van der Waals surface area contributed by atoms with Crippen LogP contribution in [0.15, 0.2) is 63.9 Å². The van der Waals surface area contributed by atoms with Crippen molar-refractivity contribution in [1.29, 1.82) is 0 Å². The molecule has 0 unspecified atom stereocenters. The zero-order valence-corrected chi connectivity index (χ0v) is 13.8. The number of aliphatic hydroxyl groups is 1. The van der Waals surface area contributed by atoms with Gasteiger partial charge in [0, 0.05) is 35.5 Å². The molecule has 2 N–H and O–H groups in total. The number of benzene rings is 2. The monoisotopic (exact) mass is 339 g/mol. The Morgan fingerprint density at radius 3 is 2.44 bits per heavy atom. The highest BCUT2D eigenvalue weighted by Crippen LogP contribution is 2.26. The van der Waals surface area contributed by atoms with Crippen LogP contribution < -0.4 is 20.4 Å². The van der Waals surface area contributed by atoms with Crippen molar-refractivity contribution in [3.05, 3.63) is 70.7 Å². The Kier molecular flexibility index (Phi) is 4.61. The molecule has 1 heterocycles. The van der Waals surface area contributed by atoms with Crippen molar-refractivity contribution < 1.29 is 19.0 Å². The summed E-state index contributed by atoms with van der Waals surface area (Å²) in [4.78, 5) is 12.1. The standard InChI is InChI=1S/C19H17NO5/c1-23-14-8-13(9-15(10-14)24-2)20-11-17(21)16-7-12-5-3-4-6-18(12)25-19(16)22/h3-11,20-21H,1-2H3/b17-11-. The predicted octanol–water partition coefficient (Wildman–Crippen LogP) is 3.78. The molecule has 3 aromatic rings. The quantitative estimate of drug-likeness (QED) is 0.544. The number of hydrogen-bond acceptors (Lipinski definition) is 6. The van der Waals surface area contributed by atoms with Crippen LogP contribution in [0.5, 0.6) is 11.5 Å². The minimum atomic E-state index is -0.613. The first-order valence-electron chi connectivity index (χ1n) is 7.52. The largest absolute Gasteiger partial charge is 0.506 e. The Labute approximate surface area is 143 Å². The summed E-state index contributed by atoms with van der Waals surface area (Å²) in [5.41, 5.74) is 0.556. The summed E-state index contributed by atoms with van der Waals surface area (Å²) in [7, 11) is 3.10. The highest BCUT2D eigenvalue weighted by atomic mass is 16.5. The van der Waals surface area contributed by atoms with Crippen LogP contribution in [0.1, 0.15) is 5.56 Å². The van der Waals surface area contributed by atoms with E-state index in [1.165, 1.54) is 6.20 Å². The number of anilines is 1. The van der Waals surface area contributed by atoms with Crippen LogP contribution in [0.25, 0.3) is 16.7 Å². The average molecular weight is 339 g/mol. The predicted molar refractivity (Wildman–Crippen MR) is 96.3 cm³/mol. The van der Waals surface area contributed by atoms with Gasteiger partial charge in [-0.25, -0.2) is 4.79 Å². The van der Waals surface area contributed by atoms with Crippen LogP contribution in [0.2, 0.25) is 0 Å². The third-order valence-electron chi connectivity index (χ3n) is 3.64. The summed E-state index contributed by atoms with van der Waals surface area (Å²) in [5.74, 6) is 0.959. The number of nitrogens with one attached hydrogen (secondary N) is 1. The molecule has 0 aliphatic heterocycles. The molecule has 6 heteroatoms. The Bertz CT molecular complexity index is 968. The van der Waals surface area contributed by atoms with E-state index in [2.05, 4.69) is 5.32 Å². The maximum absolute atomic E-state index is 12.1. The minimum Gasteiger partial charge on any atom is -0.506 e. The molecule has 128 valence electrons. The fourth-order valence-electron chi connectivity index (χ4n) is 2.36. The third-order valence-corrected chi connectivity index (χ3v) is 3.64. The van der Waals surface area contributed by atoms with Crippen molar-refractivity contribution >= 4 is 22.4 Å². The molecule has 0 radical (unpaired) electrons. The molecule has 0 amide bonds. The normalized spacial score (nSPS) is 11.4. The van der Waals surface area contributed by atoms with E-state index in [0.29, 0.717) is 22.8 Å². The van der Waals surface area contributed by atoms with Crippen LogP contribution in [0.4, 0.5) is 5.69 Å². The number of para-hydroxylation sites is 1. The van der Waals surface area contributed by atoms with Crippen LogP contribution in [-0.2, 0) is 0 Å². The summed E-state index contributed by atoms with van der Waals surface area (Å²) in [6.07, 6.45) is 1.31. The van der Waals surface area contributed by atoms with Gasteiger partial charge in [0.2, 0.25) is 0 Å². The van der Waals surface area contributed by atoms with Crippen molar-refractivity contribution in [3.8, 4) is 11.5 Å². The first kappa shape index (κ1) is 16.4. The number of methoxy groups -OCH3 is 2. The fourth-order valence-corrected chi connectivity index (χ4v) is 2.36. The molecule has 0 spiro atoms. The van der Waals surface area contributed by atoms with Crippen molar-refractivity contribution in [2.75, 3.05) is 19.5 Å². The molecule has 0 aliphatic rings. The van der Waals surface area contributed by atoms with E-state index in [4.69, 9.17) is 13.9 Å². The maximum atomic E-state index is 12.1. The van der Waals surface area contributed by atoms with Crippen molar-refractivity contribution in [2.24, 2.45) is 0 Å². The van der Waals surface area contributed by atoms with Gasteiger partial charge in [-0.2, -0.15) is 0 Å². The van der Waals surface area contributed by atoms with Crippen molar-refractivity contribution in [3.63, 3.8) is 0 Å². The van der Waals surface area contributed by atoms with Gasteiger partial charge in [0.25, 0.3) is 0 Å². The Morgan fingerprint density at radius 2 is 1.76 bits per heavy atom. The van der Waals surface area contributed by atoms with E-state index in [0.717, 1.165) is 5.39 Å². The molecule has 25 heavy (non-hydrogen) atoms. The molecule has 1 aromatic heterocycles.